The second-order valence-corrected chi connectivity index (χ2v) is 8.18. The van der Waals surface area contributed by atoms with Gasteiger partial charge in [-0.25, -0.2) is 4.68 Å². The lowest BCUT2D eigenvalue weighted by Gasteiger charge is -2.43. The minimum atomic E-state index is -0.721. The molecule has 2 aromatic rings. The highest BCUT2D eigenvalue weighted by Crippen LogP contribution is 2.33. The van der Waals surface area contributed by atoms with E-state index in [4.69, 9.17) is 16.7 Å². The molecule has 27 heavy (non-hydrogen) atoms. The standard InChI is InChI=1S/C20H25ClN4O2/c21-16-3-5-18(6-4-16)25-12-15(10-23-25)9-22-17-7-19(8-17)24(13-20(26)27)11-14-1-2-14/h3-6,10,12,14,17,19,22H,1-2,7-9,11,13H2,(H,26,27). The van der Waals surface area contributed by atoms with Crippen LogP contribution in [0.4, 0.5) is 0 Å². The number of aromatic nitrogens is 2. The van der Waals surface area contributed by atoms with Crippen molar-refractivity contribution in [2.75, 3.05) is 13.1 Å². The molecule has 7 heteroatoms. The molecule has 4 rings (SSSR count). The lowest BCUT2D eigenvalue weighted by Crippen LogP contribution is -2.54. The Labute approximate surface area is 164 Å². The molecule has 0 spiro atoms. The molecule has 2 fully saturated rings. The number of nitrogens with zero attached hydrogens (tertiary/aromatic N) is 3. The fourth-order valence-corrected chi connectivity index (χ4v) is 3.78. The van der Waals surface area contributed by atoms with Gasteiger partial charge in [0.05, 0.1) is 18.4 Å². The number of carbonyl (C=O) groups is 1. The van der Waals surface area contributed by atoms with Gasteiger partial charge in [-0.1, -0.05) is 11.6 Å². The third kappa shape index (κ3) is 4.89. The summed E-state index contributed by atoms with van der Waals surface area (Å²) in [7, 11) is 0. The Bertz CT molecular complexity index is 782. The zero-order valence-corrected chi connectivity index (χ0v) is 16.0. The van der Waals surface area contributed by atoms with E-state index in [-0.39, 0.29) is 6.54 Å². The lowest BCUT2D eigenvalue weighted by molar-refractivity contribution is -0.139. The fourth-order valence-electron chi connectivity index (χ4n) is 3.65. The van der Waals surface area contributed by atoms with Crippen LogP contribution in [0.3, 0.4) is 0 Å². The highest BCUT2D eigenvalue weighted by molar-refractivity contribution is 6.30. The van der Waals surface area contributed by atoms with Crippen molar-refractivity contribution in [2.24, 2.45) is 5.92 Å². The molecule has 6 nitrogen and oxygen atoms in total. The Morgan fingerprint density at radius 2 is 2.04 bits per heavy atom. The highest BCUT2D eigenvalue weighted by atomic mass is 35.5. The van der Waals surface area contributed by atoms with E-state index in [1.54, 1.807) is 0 Å². The Morgan fingerprint density at radius 1 is 1.30 bits per heavy atom. The predicted molar refractivity (Wildman–Crippen MR) is 104 cm³/mol. The Kier molecular flexibility index (Phi) is 5.48. The van der Waals surface area contributed by atoms with Crippen LogP contribution in [0, 0.1) is 5.92 Å². The molecule has 0 aliphatic heterocycles. The van der Waals surface area contributed by atoms with E-state index >= 15 is 0 Å². The number of carboxylic acid groups (broad SMARTS) is 1. The van der Waals surface area contributed by atoms with Gasteiger partial charge in [0.2, 0.25) is 0 Å². The van der Waals surface area contributed by atoms with Gasteiger partial charge in [0.1, 0.15) is 0 Å². The van der Waals surface area contributed by atoms with E-state index < -0.39 is 5.97 Å². The smallest absolute Gasteiger partial charge is 0.317 e. The van der Waals surface area contributed by atoms with Crippen LogP contribution in [0.2, 0.25) is 5.02 Å². The molecule has 0 unspecified atom stereocenters. The molecule has 1 aromatic heterocycles. The SMILES string of the molecule is O=C(O)CN(CC1CC1)C1CC(NCc2cnn(-c3ccc(Cl)cc3)c2)C1. The summed E-state index contributed by atoms with van der Waals surface area (Å²) in [6.07, 6.45) is 8.44. The fraction of sp³-hybridized carbons (Fsp3) is 0.500. The van der Waals surface area contributed by atoms with E-state index in [0.717, 1.165) is 43.1 Å². The van der Waals surface area contributed by atoms with Gasteiger partial charge in [-0.2, -0.15) is 5.10 Å². The Morgan fingerprint density at radius 3 is 2.70 bits per heavy atom. The highest BCUT2D eigenvalue weighted by Gasteiger charge is 2.36. The van der Waals surface area contributed by atoms with Gasteiger partial charge in [0, 0.05) is 42.0 Å². The van der Waals surface area contributed by atoms with Crippen molar-refractivity contribution in [3.05, 3.63) is 47.2 Å². The summed E-state index contributed by atoms with van der Waals surface area (Å²) in [4.78, 5) is 13.3. The van der Waals surface area contributed by atoms with Gasteiger partial charge in [0.15, 0.2) is 0 Å². The van der Waals surface area contributed by atoms with Gasteiger partial charge in [-0.15, -0.1) is 0 Å². The van der Waals surface area contributed by atoms with Crippen molar-refractivity contribution in [2.45, 2.75) is 44.3 Å². The van der Waals surface area contributed by atoms with E-state index in [1.165, 1.54) is 12.8 Å². The summed E-state index contributed by atoms with van der Waals surface area (Å²) >= 11 is 5.93. The van der Waals surface area contributed by atoms with Crippen molar-refractivity contribution >= 4 is 17.6 Å². The number of hydrogen-bond acceptors (Lipinski definition) is 4. The minimum absolute atomic E-state index is 0.168. The van der Waals surface area contributed by atoms with E-state index in [9.17, 15) is 4.79 Å². The molecule has 0 amide bonds. The maximum absolute atomic E-state index is 11.1. The average molecular weight is 389 g/mol. The van der Waals surface area contributed by atoms with Crippen molar-refractivity contribution in [3.63, 3.8) is 0 Å². The van der Waals surface area contributed by atoms with Crippen LogP contribution < -0.4 is 5.32 Å². The first-order valence-corrected chi connectivity index (χ1v) is 9.93. The zero-order valence-electron chi connectivity index (χ0n) is 15.2. The van der Waals surface area contributed by atoms with Crippen LogP contribution in [0.25, 0.3) is 5.69 Å². The van der Waals surface area contributed by atoms with Crippen LogP contribution in [0.5, 0.6) is 0 Å². The largest absolute Gasteiger partial charge is 0.480 e. The molecule has 1 heterocycles. The van der Waals surface area contributed by atoms with Gasteiger partial charge in [-0.3, -0.25) is 9.69 Å². The first-order valence-electron chi connectivity index (χ1n) is 9.55. The number of carboxylic acids is 1. The van der Waals surface area contributed by atoms with Crippen LogP contribution in [0.1, 0.15) is 31.2 Å². The molecule has 0 saturated heterocycles. The second-order valence-electron chi connectivity index (χ2n) is 7.74. The van der Waals surface area contributed by atoms with Crippen LogP contribution in [-0.4, -0.2) is 50.9 Å². The first kappa shape index (κ1) is 18.5. The van der Waals surface area contributed by atoms with E-state index in [2.05, 4.69) is 15.3 Å². The summed E-state index contributed by atoms with van der Waals surface area (Å²) in [6.45, 7) is 1.88. The van der Waals surface area contributed by atoms with Crippen molar-refractivity contribution in [3.8, 4) is 5.69 Å². The molecule has 2 aliphatic rings. The molecule has 0 atom stereocenters. The number of rotatable bonds is 9. The Balaban J connectivity index is 1.24. The van der Waals surface area contributed by atoms with Crippen molar-refractivity contribution < 1.29 is 9.90 Å². The zero-order chi connectivity index (χ0) is 18.8. The van der Waals surface area contributed by atoms with Gasteiger partial charge >= 0.3 is 5.97 Å². The maximum Gasteiger partial charge on any atom is 0.317 e. The monoisotopic (exact) mass is 388 g/mol. The van der Waals surface area contributed by atoms with Gasteiger partial charge in [-0.05, 0) is 55.9 Å². The third-order valence-electron chi connectivity index (χ3n) is 5.48. The van der Waals surface area contributed by atoms with E-state index in [1.807, 2.05) is 41.3 Å². The first-order chi connectivity index (χ1) is 13.1. The summed E-state index contributed by atoms with van der Waals surface area (Å²) in [5, 5.41) is 17.8. The third-order valence-corrected chi connectivity index (χ3v) is 5.73. The number of benzene rings is 1. The maximum atomic E-state index is 11.1. The summed E-state index contributed by atoms with van der Waals surface area (Å²) in [5.41, 5.74) is 2.12. The molecule has 2 aliphatic carbocycles. The van der Waals surface area contributed by atoms with Crippen LogP contribution in [-0.2, 0) is 11.3 Å². The predicted octanol–water partition coefficient (Wildman–Crippen LogP) is 2.94. The minimum Gasteiger partial charge on any atom is -0.480 e. The summed E-state index contributed by atoms with van der Waals surface area (Å²) in [6, 6.07) is 8.45. The van der Waals surface area contributed by atoms with Gasteiger partial charge in [0.25, 0.3) is 0 Å². The van der Waals surface area contributed by atoms with E-state index in [0.29, 0.717) is 17.1 Å². The Hall–Kier alpha value is -1.89. The molecular weight excluding hydrogens is 364 g/mol. The lowest BCUT2D eigenvalue weighted by atomic mass is 9.85. The topological polar surface area (TPSA) is 70.4 Å². The molecule has 0 radical (unpaired) electrons. The molecule has 0 bridgehead atoms. The van der Waals surface area contributed by atoms with Crippen molar-refractivity contribution in [1.29, 1.82) is 0 Å². The number of aliphatic carboxylic acids is 1. The molecule has 1 aromatic carbocycles. The summed E-state index contributed by atoms with van der Waals surface area (Å²) in [5.74, 6) is -0.00302. The van der Waals surface area contributed by atoms with Crippen molar-refractivity contribution in [1.82, 2.24) is 20.0 Å². The molecule has 144 valence electrons. The average Bonchev–Trinajstić information content (AvgIpc) is 3.28. The number of halogens is 1. The number of nitrogens with one attached hydrogen (secondary N) is 1. The second kappa shape index (κ2) is 8.00. The summed E-state index contributed by atoms with van der Waals surface area (Å²) < 4.78 is 1.85. The molecule has 2 saturated carbocycles. The van der Waals surface area contributed by atoms with Gasteiger partial charge < -0.3 is 10.4 Å². The van der Waals surface area contributed by atoms with Crippen LogP contribution in [0.15, 0.2) is 36.7 Å². The number of hydrogen-bond donors (Lipinski definition) is 2. The molecular formula is C20H25ClN4O2. The van der Waals surface area contributed by atoms with Crippen LogP contribution >= 0.6 is 11.6 Å². The quantitative estimate of drug-likeness (QED) is 0.691. The molecule has 2 N–H and O–H groups in total. The normalized spacial score (nSPS) is 22.0.